The molecular weight excluding hydrogens is 254 g/mol. The lowest BCUT2D eigenvalue weighted by Gasteiger charge is -2.58. The largest absolute Gasteiger partial charge is 0.327 e. The molecule has 0 amide bonds. The Morgan fingerprint density at radius 2 is 1.43 bits per heavy atom. The molecule has 0 saturated heterocycles. The van der Waals surface area contributed by atoms with Gasteiger partial charge in [0.15, 0.2) is 0 Å². The first-order chi connectivity index (χ1) is 10.2. The highest BCUT2D eigenvalue weighted by atomic mass is 14.7. The average Bonchev–Trinajstić information content (AvgIpc) is 2.45. The van der Waals surface area contributed by atoms with Gasteiger partial charge in [-0.3, -0.25) is 0 Å². The third kappa shape index (κ3) is 2.80. The minimum Gasteiger partial charge on any atom is -0.327 e. The van der Waals surface area contributed by atoms with E-state index in [4.69, 9.17) is 5.73 Å². The molecule has 0 aromatic carbocycles. The molecular formula is C20H35N. The van der Waals surface area contributed by atoms with Gasteiger partial charge in [-0.25, -0.2) is 0 Å². The van der Waals surface area contributed by atoms with Crippen LogP contribution in [-0.4, -0.2) is 6.04 Å². The Hall–Kier alpha value is -0.0400. The van der Waals surface area contributed by atoms with Crippen LogP contribution in [0.4, 0.5) is 0 Å². The van der Waals surface area contributed by atoms with Crippen LogP contribution in [0.1, 0.15) is 84.0 Å². The number of hydrogen-bond acceptors (Lipinski definition) is 1. The van der Waals surface area contributed by atoms with Crippen LogP contribution in [0.25, 0.3) is 0 Å². The van der Waals surface area contributed by atoms with E-state index in [0.29, 0.717) is 11.5 Å². The van der Waals surface area contributed by atoms with Crippen LogP contribution in [-0.2, 0) is 0 Å². The van der Waals surface area contributed by atoms with Crippen molar-refractivity contribution in [3.63, 3.8) is 0 Å². The molecule has 5 saturated carbocycles. The lowest BCUT2D eigenvalue weighted by molar-refractivity contribution is -0.0638. The number of hydrogen-bond donors (Lipinski definition) is 1. The zero-order chi connectivity index (χ0) is 14.4. The van der Waals surface area contributed by atoms with Crippen LogP contribution in [0, 0.1) is 35.0 Å². The van der Waals surface area contributed by atoms with Gasteiger partial charge in [0.25, 0.3) is 0 Å². The summed E-state index contributed by atoms with van der Waals surface area (Å²) < 4.78 is 0. The molecule has 0 radical (unpaired) electrons. The van der Waals surface area contributed by atoms with Crippen molar-refractivity contribution in [1.29, 1.82) is 0 Å². The summed E-state index contributed by atoms with van der Waals surface area (Å²) in [6, 6.07) is 0.513. The van der Waals surface area contributed by atoms with E-state index in [0.717, 1.165) is 29.6 Å². The molecule has 5 aliphatic carbocycles. The normalized spacial score (nSPS) is 50.3. The molecule has 0 aliphatic heterocycles. The highest BCUT2D eigenvalue weighted by Gasteiger charge is 2.51. The van der Waals surface area contributed by atoms with Crippen molar-refractivity contribution in [1.82, 2.24) is 0 Å². The Morgan fingerprint density at radius 3 is 1.90 bits per heavy atom. The second-order valence-corrected chi connectivity index (χ2v) is 9.47. The number of rotatable bonds is 4. The standard InChI is InChI=1S/C20H35N/c1-2-14-3-5-18(6-4-14)19(21)13-20-10-15-7-16(11-20)9-17(8-15)12-20/h14-19H,2-13,21H2,1H3. The van der Waals surface area contributed by atoms with Crippen LogP contribution in [0.5, 0.6) is 0 Å². The molecule has 1 unspecified atom stereocenters. The lowest BCUT2D eigenvalue weighted by atomic mass is 9.48. The maximum atomic E-state index is 6.76. The molecule has 0 spiro atoms. The van der Waals surface area contributed by atoms with Crippen molar-refractivity contribution in [2.24, 2.45) is 40.7 Å². The predicted molar refractivity (Wildman–Crippen MR) is 88.9 cm³/mol. The Balaban J connectivity index is 1.37. The fraction of sp³-hybridized carbons (Fsp3) is 1.00. The second-order valence-electron chi connectivity index (χ2n) is 9.47. The molecule has 5 fully saturated rings. The maximum Gasteiger partial charge on any atom is 0.00724 e. The molecule has 5 aliphatic rings. The average molecular weight is 290 g/mol. The minimum atomic E-state index is 0.513. The first-order valence-electron chi connectivity index (χ1n) is 9.91. The molecule has 0 aromatic heterocycles. The van der Waals surface area contributed by atoms with Crippen molar-refractivity contribution in [2.45, 2.75) is 90.0 Å². The Morgan fingerprint density at radius 1 is 0.905 bits per heavy atom. The van der Waals surface area contributed by atoms with Crippen LogP contribution in [0.3, 0.4) is 0 Å². The molecule has 21 heavy (non-hydrogen) atoms. The van der Waals surface area contributed by atoms with Crippen LogP contribution in [0.2, 0.25) is 0 Å². The summed E-state index contributed by atoms with van der Waals surface area (Å²) in [7, 11) is 0. The summed E-state index contributed by atoms with van der Waals surface area (Å²) in [4.78, 5) is 0. The van der Waals surface area contributed by atoms with E-state index in [1.165, 1.54) is 57.8 Å². The fourth-order valence-electron chi connectivity index (χ4n) is 7.23. The topological polar surface area (TPSA) is 26.0 Å². The van der Waals surface area contributed by atoms with Gasteiger partial charge in [-0.05, 0) is 92.8 Å². The summed E-state index contributed by atoms with van der Waals surface area (Å²) in [5.74, 6) is 5.10. The van der Waals surface area contributed by atoms with Crippen molar-refractivity contribution >= 4 is 0 Å². The van der Waals surface area contributed by atoms with Gasteiger partial charge in [-0.15, -0.1) is 0 Å². The molecule has 1 atom stereocenters. The maximum absolute atomic E-state index is 6.76. The van der Waals surface area contributed by atoms with E-state index < -0.39 is 0 Å². The van der Waals surface area contributed by atoms with Gasteiger partial charge in [-0.2, -0.15) is 0 Å². The molecule has 1 nitrogen and oxygen atoms in total. The Bertz CT molecular complexity index is 331. The SMILES string of the molecule is CCC1CCC(C(N)CC23CC4CC(CC(C4)C2)C3)CC1. The van der Waals surface area contributed by atoms with Gasteiger partial charge < -0.3 is 5.73 Å². The highest BCUT2D eigenvalue weighted by molar-refractivity contribution is 5.03. The minimum absolute atomic E-state index is 0.513. The van der Waals surface area contributed by atoms with Crippen molar-refractivity contribution in [3.05, 3.63) is 0 Å². The van der Waals surface area contributed by atoms with Gasteiger partial charge in [0.1, 0.15) is 0 Å². The quantitative estimate of drug-likeness (QED) is 0.762. The molecule has 2 N–H and O–H groups in total. The van der Waals surface area contributed by atoms with Crippen LogP contribution >= 0.6 is 0 Å². The van der Waals surface area contributed by atoms with Crippen LogP contribution < -0.4 is 5.73 Å². The zero-order valence-corrected chi connectivity index (χ0v) is 14.0. The van der Waals surface area contributed by atoms with Crippen molar-refractivity contribution in [3.8, 4) is 0 Å². The van der Waals surface area contributed by atoms with E-state index in [-0.39, 0.29) is 0 Å². The predicted octanol–water partition coefficient (Wildman–Crippen LogP) is 5.14. The molecule has 1 heteroatoms. The molecule has 120 valence electrons. The zero-order valence-electron chi connectivity index (χ0n) is 14.0. The van der Waals surface area contributed by atoms with Gasteiger partial charge >= 0.3 is 0 Å². The van der Waals surface area contributed by atoms with Crippen molar-refractivity contribution in [2.75, 3.05) is 0 Å². The summed E-state index contributed by atoms with van der Waals surface area (Å²) in [6.07, 6.45) is 17.8. The summed E-state index contributed by atoms with van der Waals surface area (Å²) in [5.41, 5.74) is 7.45. The summed E-state index contributed by atoms with van der Waals surface area (Å²) in [5, 5.41) is 0. The van der Waals surface area contributed by atoms with E-state index >= 15 is 0 Å². The first kappa shape index (κ1) is 14.5. The smallest absolute Gasteiger partial charge is 0.00724 e. The van der Waals surface area contributed by atoms with Gasteiger partial charge in [0, 0.05) is 6.04 Å². The van der Waals surface area contributed by atoms with Gasteiger partial charge in [0.05, 0.1) is 0 Å². The van der Waals surface area contributed by atoms with Crippen molar-refractivity contribution < 1.29 is 0 Å². The van der Waals surface area contributed by atoms with Gasteiger partial charge in [-0.1, -0.05) is 26.2 Å². The molecule has 0 aromatic rings. The van der Waals surface area contributed by atoms with E-state index in [1.54, 1.807) is 19.3 Å². The third-order valence-electron chi connectivity index (χ3n) is 7.91. The highest BCUT2D eigenvalue weighted by Crippen LogP contribution is 2.61. The molecule has 0 heterocycles. The van der Waals surface area contributed by atoms with Crippen LogP contribution in [0.15, 0.2) is 0 Å². The molecule has 5 rings (SSSR count). The number of nitrogens with two attached hydrogens (primary N) is 1. The van der Waals surface area contributed by atoms with E-state index in [1.807, 2.05) is 0 Å². The Kier molecular flexibility index (Phi) is 3.84. The monoisotopic (exact) mass is 289 g/mol. The first-order valence-corrected chi connectivity index (χ1v) is 9.91. The third-order valence-corrected chi connectivity index (χ3v) is 7.91. The molecule has 4 bridgehead atoms. The van der Waals surface area contributed by atoms with E-state index in [9.17, 15) is 0 Å². The van der Waals surface area contributed by atoms with Gasteiger partial charge in [0.2, 0.25) is 0 Å². The lowest BCUT2D eigenvalue weighted by Crippen LogP contribution is -2.49. The summed E-state index contributed by atoms with van der Waals surface area (Å²) >= 11 is 0. The van der Waals surface area contributed by atoms with E-state index in [2.05, 4.69) is 6.92 Å². The fourth-order valence-corrected chi connectivity index (χ4v) is 7.23. The Labute approximate surface area is 131 Å². The summed E-state index contributed by atoms with van der Waals surface area (Å²) in [6.45, 7) is 2.36. The second kappa shape index (κ2) is 5.55.